The van der Waals surface area contributed by atoms with Crippen LogP contribution >= 0.6 is 34.7 Å². The fraction of sp³-hybridized carbons (Fsp3) is 0.250. The third kappa shape index (κ3) is 4.34. The molecule has 0 saturated carbocycles. The molecule has 0 fully saturated rings. The van der Waals surface area contributed by atoms with E-state index in [1.807, 2.05) is 18.2 Å². The molecule has 0 bridgehead atoms. The Morgan fingerprint density at radius 2 is 2.00 bits per heavy atom. The molecular formula is C20H18ClN3OS2. The molecule has 0 spiro atoms. The molecule has 1 aromatic carbocycles. The number of aromatic nitrogens is 2. The Kier molecular flexibility index (Phi) is 5.76. The van der Waals surface area contributed by atoms with Gasteiger partial charge in [0.1, 0.15) is 0 Å². The molecule has 0 atom stereocenters. The van der Waals surface area contributed by atoms with Crippen LogP contribution in [-0.2, 0) is 17.6 Å². The summed E-state index contributed by atoms with van der Waals surface area (Å²) in [6.07, 6.45) is 4.35. The number of para-hydroxylation sites is 1. The number of benzene rings is 1. The smallest absolute Gasteiger partial charge is 0.234 e. The maximum atomic E-state index is 12.3. The largest absolute Gasteiger partial charge is 0.324 e. The molecule has 1 aliphatic rings. The van der Waals surface area contributed by atoms with Crippen LogP contribution in [0, 0.1) is 0 Å². The monoisotopic (exact) mass is 415 g/mol. The van der Waals surface area contributed by atoms with Crippen molar-refractivity contribution in [2.75, 3.05) is 11.1 Å². The van der Waals surface area contributed by atoms with Crippen LogP contribution < -0.4 is 5.32 Å². The molecule has 1 amide bonds. The second-order valence-corrected chi connectivity index (χ2v) is 8.58. The number of fused-ring (bicyclic) bond motifs is 1. The zero-order valence-corrected chi connectivity index (χ0v) is 17.0. The van der Waals surface area contributed by atoms with Gasteiger partial charge >= 0.3 is 0 Å². The lowest BCUT2D eigenvalue weighted by Gasteiger charge is -2.18. The Balaban J connectivity index is 1.51. The Morgan fingerprint density at radius 1 is 1.15 bits per heavy atom. The van der Waals surface area contributed by atoms with Gasteiger partial charge < -0.3 is 5.32 Å². The third-order valence-corrected chi connectivity index (χ3v) is 6.45. The predicted octanol–water partition coefficient (Wildman–Crippen LogP) is 5.47. The number of halogens is 1. The number of hydrogen-bond donors (Lipinski definition) is 1. The lowest BCUT2D eigenvalue weighted by atomic mass is 9.94. The van der Waals surface area contributed by atoms with Gasteiger partial charge in [0.05, 0.1) is 27.0 Å². The summed E-state index contributed by atoms with van der Waals surface area (Å²) in [5.74, 6) is 0.126. The van der Waals surface area contributed by atoms with E-state index >= 15 is 0 Å². The molecule has 0 aliphatic heterocycles. The van der Waals surface area contributed by atoms with E-state index in [0.717, 1.165) is 35.5 Å². The molecule has 0 saturated heterocycles. The first-order valence-corrected chi connectivity index (χ1v) is 11.1. The molecule has 4 rings (SSSR count). The van der Waals surface area contributed by atoms with Crippen molar-refractivity contribution in [3.63, 3.8) is 0 Å². The highest BCUT2D eigenvalue weighted by Gasteiger charge is 2.20. The Bertz CT molecular complexity index is 960. The molecule has 2 aromatic heterocycles. The second kappa shape index (κ2) is 8.42. The fourth-order valence-corrected chi connectivity index (χ4v) is 4.72. The number of carbonyl (C=O) groups excluding carboxylic acids is 1. The molecule has 27 heavy (non-hydrogen) atoms. The van der Waals surface area contributed by atoms with Gasteiger partial charge in [0, 0.05) is 11.3 Å². The summed E-state index contributed by atoms with van der Waals surface area (Å²) in [4.78, 5) is 23.0. The molecule has 0 radical (unpaired) electrons. The number of hydrogen-bond acceptors (Lipinski definition) is 5. The van der Waals surface area contributed by atoms with Crippen LogP contribution in [0.5, 0.6) is 0 Å². The zero-order chi connectivity index (χ0) is 18.6. The predicted molar refractivity (Wildman–Crippen MR) is 113 cm³/mol. The first kappa shape index (κ1) is 18.5. The second-order valence-electron chi connectivity index (χ2n) is 6.28. The van der Waals surface area contributed by atoms with Gasteiger partial charge in [-0.3, -0.25) is 4.79 Å². The van der Waals surface area contributed by atoms with E-state index in [4.69, 9.17) is 21.6 Å². The molecule has 2 heterocycles. The van der Waals surface area contributed by atoms with Gasteiger partial charge in [0.25, 0.3) is 0 Å². The van der Waals surface area contributed by atoms with Crippen molar-refractivity contribution in [3.05, 3.63) is 58.1 Å². The number of amides is 1. The standard InChI is InChI=1S/C20H18ClN3OS2/c21-14-7-2-4-9-16(14)22-18(25)12-27-20-23-15-8-3-1-6-13(15)19(24-20)17-10-5-11-26-17/h2,4-5,7,9-11H,1,3,6,8,12H2,(H,22,25). The van der Waals surface area contributed by atoms with Crippen molar-refractivity contribution in [1.82, 2.24) is 9.97 Å². The number of thioether (sulfide) groups is 1. The first-order valence-electron chi connectivity index (χ1n) is 8.81. The van der Waals surface area contributed by atoms with Crippen LogP contribution in [0.2, 0.25) is 5.02 Å². The van der Waals surface area contributed by atoms with Crippen LogP contribution in [0.15, 0.2) is 46.9 Å². The molecule has 138 valence electrons. The van der Waals surface area contributed by atoms with E-state index in [0.29, 0.717) is 15.9 Å². The van der Waals surface area contributed by atoms with Gasteiger partial charge in [0.15, 0.2) is 5.16 Å². The van der Waals surface area contributed by atoms with Gasteiger partial charge in [-0.25, -0.2) is 9.97 Å². The van der Waals surface area contributed by atoms with Crippen molar-refractivity contribution in [3.8, 4) is 10.6 Å². The normalized spacial score (nSPS) is 13.2. The maximum Gasteiger partial charge on any atom is 0.234 e. The van der Waals surface area contributed by atoms with Gasteiger partial charge in [-0.05, 0) is 49.3 Å². The topological polar surface area (TPSA) is 54.9 Å². The number of carbonyl (C=O) groups is 1. The first-order chi connectivity index (χ1) is 13.2. The highest BCUT2D eigenvalue weighted by Crippen LogP contribution is 2.33. The highest BCUT2D eigenvalue weighted by molar-refractivity contribution is 7.99. The number of aryl methyl sites for hydroxylation is 1. The SMILES string of the molecule is O=C(CSc1nc2c(c(-c3cccs3)n1)CCCC2)Nc1ccccc1Cl. The summed E-state index contributed by atoms with van der Waals surface area (Å²) in [5.41, 5.74) is 4.06. The Labute approximate surface area is 171 Å². The Morgan fingerprint density at radius 3 is 2.81 bits per heavy atom. The van der Waals surface area contributed by atoms with Crippen LogP contribution in [0.1, 0.15) is 24.1 Å². The van der Waals surface area contributed by atoms with Crippen molar-refractivity contribution in [1.29, 1.82) is 0 Å². The minimum atomic E-state index is -0.118. The van der Waals surface area contributed by atoms with Crippen LogP contribution in [0.25, 0.3) is 10.6 Å². The van der Waals surface area contributed by atoms with Gasteiger partial charge in [-0.15, -0.1) is 11.3 Å². The van der Waals surface area contributed by atoms with E-state index in [-0.39, 0.29) is 11.7 Å². The third-order valence-electron chi connectivity index (χ3n) is 4.40. The Hall–Kier alpha value is -1.89. The lowest BCUT2D eigenvalue weighted by Crippen LogP contribution is -2.15. The van der Waals surface area contributed by atoms with Crippen molar-refractivity contribution < 1.29 is 4.79 Å². The summed E-state index contributed by atoms with van der Waals surface area (Å²) in [5, 5.41) is 6.09. The van der Waals surface area contributed by atoms with Crippen LogP contribution in [0.4, 0.5) is 5.69 Å². The average Bonchev–Trinajstić information content (AvgIpc) is 3.22. The van der Waals surface area contributed by atoms with Gasteiger partial charge in [0.2, 0.25) is 5.91 Å². The molecule has 4 nitrogen and oxygen atoms in total. The minimum Gasteiger partial charge on any atom is -0.324 e. The molecule has 0 unspecified atom stereocenters. The highest BCUT2D eigenvalue weighted by atomic mass is 35.5. The van der Waals surface area contributed by atoms with E-state index in [1.54, 1.807) is 23.5 Å². The summed E-state index contributed by atoms with van der Waals surface area (Å²) in [6, 6.07) is 11.4. The molecule has 1 aliphatic carbocycles. The van der Waals surface area contributed by atoms with E-state index in [1.165, 1.54) is 23.7 Å². The van der Waals surface area contributed by atoms with Crippen molar-refractivity contribution in [2.24, 2.45) is 0 Å². The summed E-state index contributed by atoms with van der Waals surface area (Å²) >= 11 is 9.15. The van der Waals surface area contributed by atoms with Gasteiger partial charge in [-0.2, -0.15) is 0 Å². The molecule has 1 N–H and O–H groups in total. The summed E-state index contributed by atoms with van der Waals surface area (Å²) in [6.45, 7) is 0. The average molecular weight is 416 g/mol. The van der Waals surface area contributed by atoms with Crippen molar-refractivity contribution >= 4 is 46.3 Å². The van der Waals surface area contributed by atoms with Crippen LogP contribution in [-0.4, -0.2) is 21.6 Å². The van der Waals surface area contributed by atoms with E-state index < -0.39 is 0 Å². The molecule has 7 heteroatoms. The summed E-state index contributed by atoms with van der Waals surface area (Å²) in [7, 11) is 0. The van der Waals surface area contributed by atoms with Gasteiger partial charge in [-0.1, -0.05) is 41.6 Å². The molecular weight excluding hydrogens is 398 g/mol. The number of nitrogens with zero attached hydrogens (tertiary/aromatic N) is 2. The lowest BCUT2D eigenvalue weighted by molar-refractivity contribution is -0.113. The number of nitrogens with one attached hydrogen (secondary N) is 1. The van der Waals surface area contributed by atoms with Crippen LogP contribution in [0.3, 0.4) is 0 Å². The van der Waals surface area contributed by atoms with E-state index in [2.05, 4.69) is 16.8 Å². The quantitative estimate of drug-likeness (QED) is 0.443. The van der Waals surface area contributed by atoms with E-state index in [9.17, 15) is 4.79 Å². The number of rotatable bonds is 5. The zero-order valence-electron chi connectivity index (χ0n) is 14.6. The molecule has 3 aromatic rings. The number of thiophene rings is 1. The maximum absolute atomic E-state index is 12.3. The minimum absolute atomic E-state index is 0.118. The fourth-order valence-electron chi connectivity index (χ4n) is 3.13. The van der Waals surface area contributed by atoms with Crippen molar-refractivity contribution in [2.45, 2.75) is 30.8 Å². The number of anilines is 1. The summed E-state index contributed by atoms with van der Waals surface area (Å²) < 4.78 is 0.